The smallest absolute Gasteiger partial charge is 0.124 e. The van der Waals surface area contributed by atoms with Crippen molar-refractivity contribution in [1.29, 1.82) is 0 Å². The molecule has 0 bridgehead atoms. The van der Waals surface area contributed by atoms with Crippen molar-refractivity contribution in [3.05, 3.63) is 107 Å². The number of hydrogen-bond acceptors (Lipinski definition) is 3. The number of rotatable bonds is 9. The summed E-state index contributed by atoms with van der Waals surface area (Å²) in [4.78, 5) is 0. The lowest BCUT2D eigenvalue weighted by Gasteiger charge is -2.16. The van der Waals surface area contributed by atoms with E-state index in [-0.39, 0.29) is 12.4 Å². The minimum atomic E-state index is 0. The van der Waals surface area contributed by atoms with Crippen molar-refractivity contribution in [2.24, 2.45) is 0 Å². The lowest BCUT2D eigenvalue weighted by molar-refractivity contribution is 0.303. The van der Waals surface area contributed by atoms with Gasteiger partial charge in [-0.05, 0) is 59.1 Å². The van der Waals surface area contributed by atoms with Crippen LogP contribution in [0.25, 0.3) is 10.8 Å². The number of fused-ring (bicyclic) bond motifs is 1. The van der Waals surface area contributed by atoms with E-state index in [0.717, 1.165) is 41.6 Å². The SMILES string of the molecule is COc1ccccc1CCNCc1c(OCc2ccc(Cl)cc2)ccc2ccccc12.Cl. The Kier molecular flexibility index (Phi) is 8.81. The number of benzene rings is 4. The van der Waals surface area contributed by atoms with Gasteiger partial charge in [0.15, 0.2) is 0 Å². The molecule has 4 rings (SSSR count). The Bertz CT molecular complexity index is 1150. The van der Waals surface area contributed by atoms with E-state index in [1.807, 2.05) is 42.5 Å². The third-order valence-corrected chi connectivity index (χ3v) is 5.62. The molecule has 4 aromatic rings. The Morgan fingerprint density at radius 3 is 2.38 bits per heavy atom. The molecule has 1 N–H and O–H groups in total. The highest BCUT2D eigenvalue weighted by Crippen LogP contribution is 2.29. The molecule has 3 nitrogen and oxygen atoms in total. The molecule has 0 aromatic heterocycles. The van der Waals surface area contributed by atoms with Crippen molar-refractivity contribution >= 4 is 34.8 Å². The lowest BCUT2D eigenvalue weighted by Crippen LogP contribution is -2.18. The molecule has 0 aliphatic rings. The standard InChI is InChI=1S/C27H26ClNO2.ClH/c1-30-26-9-5-3-7-22(26)16-17-29-18-25-24-8-4-2-6-21(24)12-15-27(25)31-19-20-10-13-23(28)14-11-20;/h2-15,29H,16-19H2,1H3;1H. The van der Waals surface area contributed by atoms with Crippen LogP contribution in [0.15, 0.2) is 84.9 Å². The van der Waals surface area contributed by atoms with Crippen molar-refractivity contribution in [2.75, 3.05) is 13.7 Å². The van der Waals surface area contributed by atoms with E-state index >= 15 is 0 Å². The Morgan fingerprint density at radius 1 is 0.812 bits per heavy atom. The number of para-hydroxylation sites is 1. The molecule has 0 saturated carbocycles. The molecular weight excluding hydrogens is 441 g/mol. The minimum absolute atomic E-state index is 0. The van der Waals surface area contributed by atoms with Gasteiger partial charge >= 0.3 is 0 Å². The fourth-order valence-electron chi connectivity index (χ4n) is 3.72. The number of halogens is 2. The molecule has 0 spiro atoms. The summed E-state index contributed by atoms with van der Waals surface area (Å²) in [5.41, 5.74) is 3.47. The summed E-state index contributed by atoms with van der Waals surface area (Å²) in [5, 5.41) is 6.74. The molecule has 0 unspecified atom stereocenters. The van der Waals surface area contributed by atoms with Crippen molar-refractivity contribution in [3.63, 3.8) is 0 Å². The van der Waals surface area contributed by atoms with Crippen LogP contribution in [-0.2, 0) is 19.6 Å². The van der Waals surface area contributed by atoms with Gasteiger partial charge in [-0.25, -0.2) is 0 Å². The van der Waals surface area contributed by atoms with Crippen LogP contribution in [0.1, 0.15) is 16.7 Å². The molecule has 0 fully saturated rings. The molecule has 0 heterocycles. The maximum Gasteiger partial charge on any atom is 0.124 e. The summed E-state index contributed by atoms with van der Waals surface area (Å²) >= 11 is 6.00. The van der Waals surface area contributed by atoms with E-state index in [9.17, 15) is 0 Å². The summed E-state index contributed by atoms with van der Waals surface area (Å²) in [6.07, 6.45) is 0.899. The van der Waals surface area contributed by atoms with Crippen molar-refractivity contribution in [3.8, 4) is 11.5 Å². The van der Waals surface area contributed by atoms with Crippen LogP contribution < -0.4 is 14.8 Å². The Morgan fingerprint density at radius 2 is 1.56 bits per heavy atom. The topological polar surface area (TPSA) is 30.5 Å². The Hall–Kier alpha value is -2.72. The van der Waals surface area contributed by atoms with Crippen LogP contribution in [-0.4, -0.2) is 13.7 Å². The summed E-state index contributed by atoms with van der Waals surface area (Å²) < 4.78 is 11.7. The van der Waals surface area contributed by atoms with Gasteiger partial charge in [0.25, 0.3) is 0 Å². The molecule has 0 radical (unpaired) electrons. The Balaban J connectivity index is 0.00000289. The predicted octanol–water partition coefficient (Wildman–Crippen LogP) is 6.83. The monoisotopic (exact) mass is 467 g/mol. The molecule has 0 aliphatic heterocycles. The van der Waals surface area contributed by atoms with Gasteiger partial charge < -0.3 is 14.8 Å². The van der Waals surface area contributed by atoms with Gasteiger partial charge in [0.1, 0.15) is 18.1 Å². The predicted molar refractivity (Wildman–Crippen MR) is 135 cm³/mol. The van der Waals surface area contributed by atoms with Crippen LogP contribution in [0.3, 0.4) is 0 Å². The number of hydrogen-bond donors (Lipinski definition) is 1. The molecule has 166 valence electrons. The largest absolute Gasteiger partial charge is 0.496 e. The van der Waals surface area contributed by atoms with Crippen LogP contribution in [0.2, 0.25) is 5.02 Å². The third-order valence-electron chi connectivity index (χ3n) is 5.37. The van der Waals surface area contributed by atoms with E-state index in [0.29, 0.717) is 6.61 Å². The van der Waals surface area contributed by atoms with E-state index in [2.05, 4.69) is 47.8 Å². The molecule has 0 amide bonds. The quantitative estimate of drug-likeness (QED) is 0.273. The zero-order valence-electron chi connectivity index (χ0n) is 18.0. The molecule has 32 heavy (non-hydrogen) atoms. The summed E-state index contributed by atoms with van der Waals surface area (Å²) in [7, 11) is 1.71. The summed E-state index contributed by atoms with van der Waals surface area (Å²) in [6, 6.07) is 28.5. The first-order valence-electron chi connectivity index (χ1n) is 10.4. The van der Waals surface area contributed by atoms with Gasteiger partial charge in [0, 0.05) is 17.1 Å². The second-order valence-corrected chi connectivity index (χ2v) is 7.85. The highest BCUT2D eigenvalue weighted by Gasteiger charge is 2.10. The highest BCUT2D eigenvalue weighted by molar-refractivity contribution is 6.30. The zero-order chi connectivity index (χ0) is 21.5. The first-order chi connectivity index (χ1) is 15.2. The van der Waals surface area contributed by atoms with E-state index in [4.69, 9.17) is 21.1 Å². The Labute approximate surface area is 200 Å². The van der Waals surface area contributed by atoms with Crippen LogP contribution in [0, 0.1) is 0 Å². The highest BCUT2D eigenvalue weighted by atomic mass is 35.5. The van der Waals surface area contributed by atoms with Gasteiger partial charge in [0.05, 0.1) is 7.11 Å². The normalized spacial score (nSPS) is 10.6. The summed E-state index contributed by atoms with van der Waals surface area (Å²) in [5.74, 6) is 1.83. The molecule has 0 aliphatic carbocycles. The molecule has 5 heteroatoms. The second-order valence-electron chi connectivity index (χ2n) is 7.42. The van der Waals surface area contributed by atoms with Crippen LogP contribution in [0.4, 0.5) is 0 Å². The minimum Gasteiger partial charge on any atom is -0.496 e. The lowest BCUT2D eigenvalue weighted by atomic mass is 10.0. The van der Waals surface area contributed by atoms with Gasteiger partial charge in [-0.2, -0.15) is 0 Å². The van der Waals surface area contributed by atoms with Gasteiger partial charge in [-0.1, -0.05) is 72.3 Å². The number of methoxy groups -OCH3 is 1. The van der Waals surface area contributed by atoms with Crippen LogP contribution >= 0.6 is 24.0 Å². The summed E-state index contributed by atoms with van der Waals surface area (Å²) in [6.45, 7) is 2.08. The first kappa shape index (κ1) is 23.9. The number of ether oxygens (including phenoxy) is 2. The molecule has 0 saturated heterocycles. The first-order valence-corrected chi connectivity index (χ1v) is 10.8. The van der Waals surface area contributed by atoms with E-state index in [1.54, 1.807) is 7.11 Å². The molecule has 4 aromatic carbocycles. The fourth-order valence-corrected chi connectivity index (χ4v) is 3.85. The average Bonchev–Trinajstić information content (AvgIpc) is 2.82. The third kappa shape index (κ3) is 5.95. The van der Waals surface area contributed by atoms with Crippen LogP contribution in [0.5, 0.6) is 11.5 Å². The van der Waals surface area contributed by atoms with Gasteiger partial charge in [0.2, 0.25) is 0 Å². The maximum absolute atomic E-state index is 6.22. The second kappa shape index (κ2) is 11.8. The zero-order valence-corrected chi connectivity index (χ0v) is 19.6. The maximum atomic E-state index is 6.22. The van der Waals surface area contributed by atoms with Gasteiger partial charge in [-0.3, -0.25) is 0 Å². The van der Waals surface area contributed by atoms with Gasteiger partial charge in [-0.15, -0.1) is 12.4 Å². The van der Waals surface area contributed by atoms with Crippen molar-refractivity contribution in [2.45, 2.75) is 19.6 Å². The average molecular weight is 468 g/mol. The molecule has 0 atom stereocenters. The van der Waals surface area contributed by atoms with E-state index < -0.39 is 0 Å². The van der Waals surface area contributed by atoms with Crippen molar-refractivity contribution < 1.29 is 9.47 Å². The van der Waals surface area contributed by atoms with E-state index in [1.165, 1.54) is 21.9 Å². The molecular formula is C27H27Cl2NO2. The number of nitrogens with one attached hydrogen (secondary N) is 1. The fraction of sp³-hybridized carbons (Fsp3) is 0.185. The van der Waals surface area contributed by atoms with Crippen molar-refractivity contribution in [1.82, 2.24) is 5.32 Å².